The Hall–Kier alpha value is -1.11. The van der Waals surface area contributed by atoms with Crippen molar-refractivity contribution in [3.05, 3.63) is 24.3 Å². The summed E-state index contributed by atoms with van der Waals surface area (Å²) >= 11 is 0. The van der Waals surface area contributed by atoms with Crippen LogP contribution in [0.2, 0.25) is 0 Å². The van der Waals surface area contributed by atoms with Gasteiger partial charge in [-0.15, -0.1) is 0 Å². The molecule has 108 valence electrons. The molecule has 0 aliphatic rings. The van der Waals surface area contributed by atoms with E-state index in [0.717, 1.165) is 25.1 Å². The van der Waals surface area contributed by atoms with E-state index in [1.165, 1.54) is 18.4 Å². The fraction of sp³-hybridized carbons (Fsp3) is 0.538. The molecule has 5 nitrogen and oxygen atoms in total. The fourth-order valence-corrected chi connectivity index (χ4v) is 2.49. The lowest BCUT2D eigenvalue weighted by atomic mass is 10.2. The number of nitrogens with one attached hydrogen (secondary N) is 1. The zero-order chi connectivity index (χ0) is 14.5. The Morgan fingerprint density at radius 3 is 2.32 bits per heavy atom. The predicted octanol–water partition coefficient (Wildman–Crippen LogP) is 1.51. The van der Waals surface area contributed by atoms with E-state index in [-0.39, 0.29) is 11.0 Å². The van der Waals surface area contributed by atoms with Crippen LogP contribution in [-0.4, -0.2) is 44.6 Å². The van der Waals surface area contributed by atoms with E-state index in [9.17, 15) is 8.42 Å². The molecule has 1 aromatic rings. The first kappa shape index (κ1) is 15.9. The Labute approximate surface area is 115 Å². The van der Waals surface area contributed by atoms with Crippen LogP contribution in [-0.2, 0) is 10.0 Å². The first-order valence-electron chi connectivity index (χ1n) is 6.28. The topological polar surface area (TPSA) is 69.6 Å². The van der Waals surface area contributed by atoms with Crippen LogP contribution in [0.3, 0.4) is 0 Å². The number of anilines is 1. The van der Waals surface area contributed by atoms with Gasteiger partial charge in [0.05, 0.1) is 11.0 Å². The van der Waals surface area contributed by atoms with E-state index in [1.54, 1.807) is 31.2 Å². The fourth-order valence-electron chi connectivity index (χ4n) is 1.59. The normalized spacial score (nSPS) is 13.5. The summed E-state index contributed by atoms with van der Waals surface area (Å²) in [4.78, 5) is 0.284. The Balaban J connectivity index is 2.58. The first-order chi connectivity index (χ1) is 8.84. The highest BCUT2D eigenvalue weighted by molar-refractivity contribution is 7.89. The molecule has 0 saturated heterocycles. The van der Waals surface area contributed by atoms with E-state index in [2.05, 4.69) is 5.32 Å². The largest absolute Gasteiger partial charge is 0.393 e. The number of aliphatic hydroxyl groups is 1. The number of hydrogen-bond donors (Lipinski definition) is 2. The van der Waals surface area contributed by atoms with E-state index in [4.69, 9.17) is 5.11 Å². The molecule has 0 heterocycles. The second kappa shape index (κ2) is 6.88. The van der Waals surface area contributed by atoms with Crippen molar-refractivity contribution >= 4 is 15.7 Å². The van der Waals surface area contributed by atoms with Gasteiger partial charge in [0.25, 0.3) is 0 Å². The summed E-state index contributed by atoms with van der Waals surface area (Å²) in [7, 11) is -0.335. The molecule has 0 amide bonds. The molecular weight excluding hydrogens is 264 g/mol. The standard InChI is InChI=1S/C13H22N2O3S/c1-11(16)5-4-10-14-12-6-8-13(9-7-12)19(17,18)15(2)3/h6-9,11,14,16H,4-5,10H2,1-3H3. The maximum absolute atomic E-state index is 11.9. The van der Waals surface area contributed by atoms with Crippen LogP contribution >= 0.6 is 0 Å². The molecule has 19 heavy (non-hydrogen) atoms. The van der Waals surface area contributed by atoms with Crippen molar-refractivity contribution in [1.29, 1.82) is 0 Å². The van der Waals surface area contributed by atoms with E-state index >= 15 is 0 Å². The molecule has 0 fully saturated rings. The molecule has 1 atom stereocenters. The molecule has 0 radical (unpaired) electrons. The number of nitrogens with zero attached hydrogens (tertiary/aromatic N) is 1. The van der Waals surface area contributed by atoms with Gasteiger partial charge in [-0.05, 0) is 44.0 Å². The van der Waals surface area contributed by atoms with Gasteiger partial charge in [-0.3, -0.25) is 0 Å². The smallest absolute Gasteiger partial charge is 0.242 e. The van der Waals surface area contributed by atoms with Crippen molar-refractivity contribution in [2.45, 2.75) is 30.8 Å². The minimum Gasteiger partial charge on any atom is -0.393 e. The Kier molecular flexibility index (Phi) is 5.78. The lowest BCUT2D eigenvalue weighted by molar-refractivity contribution is 0.183. The Morgan fingerprint density at radius 1 is 1.26 bits per heavy atom. The van der Waals surface area contributed by atoms with Crippen LogP contribution in [0.4, 0.5) is 5.69 Å². The average Bonchev–Trinajstić information content (AvgIpc) is 2.35. The molecule has 0 aliphatic heterocycles. The van der Waals surface area contributed by atoms with Gasteiger partial charge >= 0.3 is 0 Å². The summed E-state index contributed by atoms with van der Waals surface area (Å²) < 4.78 is 24.9. The minimum atomic E-state index is -3.36. The van der Waals surface area contributed by atoms with Gasteiger partial charge in [0.15, 0.2) is 0 Å². The summed E-state index contributed by atoms with van der Waals surface area (Å²) in [6, 6.07) is 6.68. The third-order valence-electron chi connectivity index (χ3n) is 2.76. The number of sulfonamides is 1. The van der Waals surface area contributed by atoms with Crippen LogP contribution in [0, 0.1) is 0 Å². The summed E-state index contributed by atoms with van der Waals surface area (Å²) in [5.41, 5.74) is 0.878. The number of benzene rings is 1. The van der Waals surface area contributed by atoms with Crippen LogP contribution < -0.4 is 5.32 Å². The maximum Gasteiger partial charge on any atom is 0.242 e. The van der Waals surface area contributed by atoms with Crippen molar-refractivity contribution in [3.63, 3.8) is 0 Å². The zero-order valence-corrected chi connectivity index (χ0v) is 12.4. The maximum atomic E-state index is 11.9. The van der Waals surface area contributed by atoms with Crippen molar-refractivity contribution in [1.82, 2.24) is 4.31 Å². The van der Waals surface area contributed by atoms with E-state index in [1.807, 2.05) is 0 Å². The van der Waals surface area contributed by atoms with Crippen LogP contribution in [0.5, 0.6) is 0 Å². The van der Waals surface area contributed by atoms with Crippen LogP contribution in [0.15, 0.2) is 29.2 Å². The second-order valence-corrected chi connectivity index (χ2v) is 6.88. The SMILES string of the molecule is CC(O)CCCNc1ccc(S(=O)(=O)N(C)C)cc1. The van der Waals surface area contributed by atoms with Crippen molar-refractivity contribution < 1.29 is 13.5 Å². The first-order valence-corrected chi connectivity index (χ1v) is 7.72. The van der Waals surface area contributed by atoms with Crippen molar-refractivity contribution in [3.8, 4) is 0 Å². The molecule has 0 aliphatic carbocycles. The quantitative estimate of drug-likeness (QED) is 0.746. The van der Waals surface area contributed by atoms with Gasteiger partial charge in [0.2, 0.25) is 10.0 Å². The van der Waals surface area contributed by atoms with E-state index < -0.39 is 10.0 Å². The van der Waals surface area contributed by atoms with Gasteiger partial charge < -0.3 is 10.4 Å². The van der Waals surface area contributed by atoms with Crippen LogP contribution in [0.1, 0.15) is 19.8 Å². The third kappa shape index (κ3) is 4.81. The average molecular weight is 286 g/mol. The number of aliphatic hydroxyl groups excluding tert-OH is 1. The molecule has 0 aromatic heterocycles. The van der Waals surface area contributed by atoms with Crippen molar-refractivity contribution in [2.24, 2.45) is 0 Å². The highest BCUT2D eigenvalue weighted by Gasteiger charge is 2.16. The monoisotopic (exact) mass is 286 g/mol. The molecule has 1 unspecified atom stereocenters. The van der Waals surface area contributed by atoms with Crippen molar-refractivity contribution in [2.75, 3.05) is 26.0 Å². The van der Waals surface area contributed by atoms with Gasteiger partial charge in [0, 0.05) is 26.3 Å². The van der Waals surface area contributed by atoms with Gasteiger partial charge in [-0.1, -0.05) is 0 Å². The summed E-state index contributed by atoms with van der Waals surface area (Å²) in [5, 5.41) is 12.3. The molecule has 6 heteroatoms. The highest BCUT2D eigenvalue weighted by atomic mass is 32.2. The summed E-state index contributed by atoms with van der Waals surface area (Å²) in [6.07, 6.45) is 1.34. The number of rotatable bonds is 7. The zero-order valence-electron chi connectivity index (χ0n) is 11.6. The van der Waals surface area contributed by atoms with Crippen LogP contribution in [0.25, 0.3) is 0 Å². The summed E-state index contributed by atoms with van der Waals surface area (Å²) in [6.45, 7) is 2.52. The molecule has 1 rings (SSSR count). The van der Waals surface area contributed by atoms with Gasteiger partial charge in [-0.2, -0.15) is 0 Å². The van der Waals surface area contributed by atoms with Gasteiger partial charge in [-0.25, -0.2) is 12.7 Å². The predicted molar refractivity (Wildman–Crippen MR) is 76.7 cm³/mol. The molecule has 2 N–H and O–H groups in total. The second-order valence-electron chi connectivity index (χ2n) is 4.73. The minimum absolute atomic E-state index is 0.283. The Bertz CT molecular complexity index is 481. The highest BCUT2D eigenvalue weighted by Crippen LogP contribution is 2.16. The lowest BCUT2D eigenvalue weighted by Gasteiger charge is -2.12. The number of hydrogen-bond acceptors (Lipinski definition) is 4. The lowest BCUT2D eigenvalue weighted by Crippen LogP contribution is -2.22. The summed E-state index contributed by atoms with van der Waals surface area (Å²) in [5.74, 6) is 0. The molecule has 0 spiro atoms. The third-order valence-corrected chi connectivity index (χ3v) is 4.59. The Morgan fingerprint density at radius 2 is 1.84 bits per heavy atom. The molecule has 0 bridgehead atoms. The molecule has 1 aromatic carbocycles. The molecule has 0 saturated carbocycles. The van der Waals surface area contributed by atoms with E-state index in [0.29, 0.717) is 0 Å². The van der Waals surface area contributed by atoms with Gasteiger partial charge in [0.1, 0.15) is 0 Å². The molecular formula is C13H22N2O3S.